The van der Waals surface area contributed by atoms with E-state index in [-0.39, 0.29) is 11.5 Å². The molecule has 0 atom stereocenters. The molecule has 0 unspecified atom stereocenters. The summed E-state index contributed by atoms with van der Waals surface area (Å²) in [4.78, 5) is 0. The van der Waals surface area contributed by atoms with Gasteiger partial charge < -0.3 is 9.47 Å². The molecule has 0 bridgehead atoms. The van der Waals surface area contributed by atoms with Gasteiger partial charge in [0.25, 0.3) is 0 Å². The average molecular weight is 298 g/mol. The van der Waals surface area contributed by atoms with Gasteiger partial charge in [0.15, 0.2) is 11.5 Å². The summed E-state index contributed by atoms with van der Waals surface area (Å²) in [7, 11) is 0. The molecule has 1 heterocycles. The zero-order valence-corrected chi connectivity index (χ0v) is 8.55. The van der Waals surface area contributed by atoms with Crippen molar-refractivity contribution in [3.05, 3.63) is 23.8 Å². The summed E-state index contributed by atoms with van der Waals surface area (Å²) in [6, 6.07) is 4.86. The van der Waals surface area contributed by atoms with Crippen LogP contribution in [0.5, 0.6) is 11.5 Å². The van der Waals surface area contributed by atoms with Crippen LogP contribution >= 0.6 is 22.6 Å². The number of benzene rings is 1. The topological polar surface area (TPSA) is 18.5 Å². The Balaban J connectivity index is 2.45. The molecule has 70 valence electrons. The van der Waals surface area contributed by atoms with Gasteiger partial charge >= 0.3 is 6.29 Å². The highest BCUT2D eigenvalue weighted by Crippen LogP contribution is 2.43. The number of para-hydroxylation sites is 1. The molecule has 0 radical (unpaired) electrons. The monoisotopic (exact) mass is 298 g/mol. The highest BCUT2D eigenvalue weighted by atomic mass is 127. The Bertz CT molecular complexity index is 341. The predicted octanol–water partition coefficient (Wildman–Crippen LogP) is 2.94. The Morgan fingerprint density at radius 2 is 2.08 bits per heavy atom. The highest BCUT2D eigenvalue weighted by molar-refractivity contribution is 14.1. The fraction of sp³-hybridized carbons (Fsp3) is 0.250. The van der Waals surface area contributed by atoms with E-state index in [1.807, 2.05) is 0 Å². The van der Waals surface area contributed by atoms with Crippen molar-refractivity contribution in [2.24, 2.45) is 0 Å². The lowest BCUT2D eigenvalue weighted by Gasteiger charge is -2.05. The fourth-order valence-electron chi connectivity index (χ4n) is 1.13. The standard InChI is InChI=1S/C8H5F2IO2/c9-8(10)12-6-3-1-2-5(4-11)7(6)13-8/h1-3H,4H2. The molecule has 0 fully saturated rings. The van der Waals surface area contributed by atoms with Crippen molar-refractivity contribution in [2.75, 3.05) is 0 Å². The lowest BCUT2D eigenvalue weighted by molar-refractivity contribution is -0.286. The van der Waals surface area contributed by atoms with Crippen LogP contribution in [0.15, 0.2) is 18.2 Å². The second-order valence-corrected chi connectivity index (χ2v) is 3.31. The number of hydrogen-bond donors (Lipinski definition) is 0. The normalized spacial score (nSPS) is 17.5. The maximum atomic E-state index is 12.6. The highest BCUT2D eigenvalue weighted by Gasteiger charge is 2.44. The average Bonchev–Trinajstić information content (AvgIpc) is 2.37. The maximum absolute atomic E-state index is 12.6. The number of alkyl halides is 3. The Morgan fingerprint density at radius 1 is 1.31 bits per heavy atom. The van der Waals surface area contributed by atoms with Crippen LogP contribution in [-0.2, 0) is 4.43 Å². The van der Waals surface area contributed by atoms with Crippen LogP contribution in [0.1, 0.15) is 5.56 Å². The second kappa shape index (κ2) is 2.97. The molecule has 2 rings (SSSR count). The van der Waals surface area contributed by atoms with E-state index in [4.69, 9.17) is 0 Å². The Kier molecular flexibility index (Phi) is 2.05. The number of ether oxygens (including phenoxy) is 2. The summed E-state index contributed by atoms with van der Waals surface area (Å²) in [6.45, 7) is 0. The molecule has 0 N–H and O–H groups in total. The number of halogens is 3. The van der Waals surface area contributed by atoms with Crippen molar-refractivity contribution < 1.29 is 18.3 Å². The molecular formula is C8H5F2IO2. The lowest BCUT2D eigenvalue weighted by Crippen LogP contribution is -2.26. The Labute approximate surface area is 87.0 Å². The van der Waals surface area contributed by atoms with Crippen LogP contribution in [0.4, 0.5) is 8.78 Å². The molecule has 2 nitrogen and oxygen atoms in total. The quantitative estimate of drug-likeness (QED) is 0.586. The molecule has 1 aliphatic rings. The largest absolute Gasteiger partial charge is 0.586 e. The van der Waals surface area contributed by atoms with E-state index in [9.17, 15) is 8.78 Å². The zero-order chi connectivity index (χ0) is 9.47. The molecule has 0 aromatic heterocycles. The number of fused-ring (bicyclic) bond motifs is 1. The molecule has 0 saturated carbocycles. The van der Waals surface area contributed by atoms with Crippen molar-refractivity contribution in [2.45, 2.75) is 10.7 Å². The van der Waals surface area contributed by atoms with Crippen LogP contribution in [0.3, 0.4) is 0 Å². The summed E-state index contributed by atoms with van der Waals surface area (Å²) in [5.74, 6) is 0.265. The van der Waals surface area contributed by atoms with Crippen molar-refractivity contribution in [3.8, 4) is 11.5 Å². The van der Waals surface area contributed by atoms with Gasteiger partial charge in [-0.2, -0.15) is 0 Å². The van der Waals surface area contributed by atoms with Crippen molar-refractivity contribution in [1.82, 2.24) is 0 Å². The maximum Gasteiger partial charge on any atom is 0.586 e. The predicted molar refractivity (Wildman–Crippen MR) is 50.4 cm³/mol. The van der Waals surface area contributed by atoms with Crippen molar-refractivity contribution in [1.29, 1.82) is 0 Å². The van der Waals surface area contributed by atoms with Crippen molar-refractivity contribution >= 4 is 22.6 Å². The van der Waals surface area contributed by atoms with Gasteiger partial charge in [-0.15, -0.1) is 8.78 Å². The van der Waals surface area contributed by atoms with Gasteiger partial charge in [0.2, 0.25) is 0 Å². The first-order valence-corrected chi connectivity index (χ1v) is 5.08. The molecule has 0 saturated heterocycles. The molecule has 1 aromatic rings. The van der Waals surface area contributed by atoms with Crippen LogP contribution < -0.4 is 9.47 Å². The van der Waals surface area contributed by atoms with Gasteiger partial charge in [-0.1, -0.05) is 34.7 Å². The molecule has 0 spiro atoms. The SMILES string of the molecule is FC1(F)Oc2cccc(CI)c2O1. The lowest BCUT2D eigenvalue weighted by atomic mass is 10.2. The summed E-state index contributed by atoms with van der Waals surface area (Å²) < 4.78 is 34.5. The van der Waals surface area contributed by atoms with Crippen LogP contribution in [-0.4, -0.2) is 6.29 Å². The minimum Gasteiger partial charge on any atom is -0.395 e. The fourth-order valence-corrected chi connectivity index (χ4v) is 1.73. The third-order valence-electron chi connectivity index (χ3n) is 1.65. The number of rotatable bonds is 1. The van der Waals surface area contributed by atoms with Gasteiger partial charge in [0.05, 0.1) is 0 Å². The molecule has 0 amide bonds. The van der Waals surface area contributed by atoms with E-state index in [1.54, 1.807) is 12.1 Å². The summed E-state index contributed by atoms with van der Waals surface area (Å²) in [6.07, 6.45) is -3.51. The van der Waals surface area contributed by atoms with E-state index in [0.717, 1.165) is 5.56 Å². The molecule has 5 heteroatoms. The van der Waals surface area contributed by atoms with Gasteiger partial charge in [-0.05, 0) is 6.07 Å². The minimum atomic E-state index is -3.51. The van der Waals surface area contributed by atoms with Gasteiger partial charge in [0.1, 0.15) is 0 Å². The van der Waals surface area contributed by atoms with E-state index >= 15 is 0 Å². The Morgan fingerprint density at radius 3 is 2.77 bits per heavy atom. The van der Waals surface area contributed by atoms with E-state index in [1.165, 1.54) is 6.07 Å². The van der Waals surface area contributed by atoms with Crippen LogP contribution in [0.25, 0.3) is 0 Å². The third-order valence-corrected chi connectivity index (χ3v) is 2.48. The first-order chi connectivity index (χ1) is 6.12. The van der Waals surface area contributed by atoms with Gasteiger partial charge in [-0.3, -0.25) is 0 Å². The summed E-state index contributed by atoms with van der Waals surface area (Å²) in [5.41, 5.74) is 0.718. The Hall–Kier alpha value is -0.590. The second-order valence-electron chi connectivity index (χ2n) is 2.55. The van der Waals surface area contributed by atoms with E-state index in [2.05, 4.69) is 32.1 Å². The van der Waals surface area contributed by atoms with Gasteiger partial charge in [-0.25, -0.2) is 0 Å². The zero-order valence-electron chi connectivity index (χ0n) is 6.39. The molecule has 1 aliphatic heterocycles. The summed E-state index contributed by atoms with van der Waals surface area (Å²) >= 11 is 2.08. The number of hydrogen-bond acceptors (Lipinski definition) is 2. The van der Waals surface area contributed by atoms with E-state index < -0.39 is 6.29 Å². The first kappa shape index (κ1) is 8.98. The first-order valence-electron chi connectivity index (χ1n) is 3.56. The van der Waals surface area contributed by atoms with E-state index in [0.29, 0.717) is 4.43 Å². The van der Waals surface area contributed by atoms with Crippen LogP contribution in [0.2, 0.25) is 0 Å². The van der Waals surface area contributed by atoms with Gasteiger partial charge in [0, 0.05) is 9.99 Å². The molecule has 1 aromatic carbocycles. The minimum absolute atomic E-state index is 0.110. The third kappa shape index (κ3) is 1.56. The van der Waals surface area contributed by atoms with Crippen LogP contribution in [0, 0.1) is 0 Å². The summed E-state index contributed by atoms with van der Waals surface area (Å²) in [5, 5.41) is 0. The molecule has 13 heavy (non-hydrogen) atoms. The smallest absolute Gasteiger partial charge is 0.395 e. The molecular weight excluding hydrogens is 293 g/mol. The van der Waals surface area contributed by atoms with Crippen molar-refractivity contribution in [3.63, 3.8) is 0 Å². The molecule has 0 aliphatic carbocycles.